The number of hydrogen-bond donors (Lipinski definition) is 1. The topological polar surface area (TPSA) is 111 Å². The molecule has 0 heterocycles. The number of ether oxygens (including phenoxy) is 3. The zero-order valence-corrected chi connectivity index (χ0v) is 20.8. The molecular formula is C25H26N2O7S. The van der Waals surface area contributed by atoms with E-state index in [0.717, 1.165) is 9.87 Å². The number of amides is 1. The lowest BCUT2D eigenvalue weighted by Crippen LogP contribution is -2.27. The Hall–Kier alpha value is -4.05. The quantitative estimate of drug-likeness (QED) is 0.469. The average Bonchev–Trinajstić information content (AvgIpc) is 2.87. The second-order valence-corrected chi connectivity index (χ2v) is 9.50. The fraction of sp³-hybridized carbons (Fsp3) is 0.200. The van der Waals surface area contributed by atoms with Gasteiger partial charge in [0, 0.05) is 24.7 Å². The van der Waals surface area contributed by atoms with E-state index >= 15 is 0 Å². The molecule has 0 saturated heterocycles. The van der Waals surface area contributed by atoms with Crippen LogP contribution in [0.1, 0.15) is 26.3 Å². The molecule has 9 nitrogen and oxygen atoms in total. The van der Waals surface area contributed by atoms with Crippen LogP contribution in [0.15, 0.2) is 65.6 Å². The lowest BCUT2D eigenvalue weighted by Gasteiger charge is -2.20. The summed E-state index contributed by atoms with van der Waals surface area (Å²) in [5.41, 5.74) is 1.72. The Labute approximate surface area is 204 Å². The first-order chi connectivity index (χ1) is 16.6. The van der Waals surface area contributed by atoms with Crippen LogP contribution in [0.5, 0.6) is 11.5 Å². The minimum absolute atomic E-state index is 0.0429. The van der Waals surface area contributed by atoms with Gasteiger partial charge in [-0.15, -0.1) is 0 Å². The summed E-state index contributed by atoms with van der Waals surface area (Å²) in [5.74, 6) is -0.764. The number of benzene rings is 3. The number of aryl methyl sites for hydroxylation is 1. The van der Waals surface area contributed by atoms with Crippen molar-refractivity contribution in [3.05, 3.63) is 77.4 Å². The molecule has 0 aromatic heterocycles. The van der Waals surface area contributed by atoms with Crippen molar-refractivity contribution in [2.45, 2.75) is 11.8 Å². The average molecular weight is 499 g/mol. The second-order valence-electron chi connectivity index (χ2n) is 7.53. The summed E-state index contributed by atoms with van der Waals surface area (Å²) in [6, 6.07) is 15.5. The van der Waals surface area contributed by atoms with Gasteiger partial charge in [-0.25, -0.2) is 13.2 Å². The Morgan fingerprint density at radius 3 is 2.11 bits per heavy atom. The van der Waals surface area contributed by atoms with Crippen molar-refractivity contribution in [3.63, 3.8) is 0 Å². The highest BCUT2D eigenvalue weighted by atomic mass is 32.2. The van der Waals surface area contributed by atoms with Gasteiger partial charge in [0.15, 0.2) is 11.5 Å². The first-order valence-electron chi connectivity index (χ1n) is 10.4. The largest absolute Gasteiger partial charge is 0.493 e. The highest BCUT2D eigenvalue weighted by Crippen LogP contribution is 2.34. The summed E-state index contributed by atoms with van der Waals surface area (Å²) in [6.45, 7) is 1.91. The molecule has 1 amide bonds. The Balaban J connectivity index is 1.95. The molecule has 0 aliphatic carbocycles. The van der Waals surface area contributed by atoms with E-state index in [2.05, 4.69) is 5.32 Å². The van der Waals surface area contributed by atoms with Crippen molar-refractivity contribution < 1.29 is 32.2 Å². The number of carbonyl (C=O) groups excluding carboxylic acids is 2. The highest BCUT2D eigenvalue weighted by Gasteiger charge is 2.24. The summed E-state index contributed by atoms with van der Waals surface area (Å²) in [7, 11) is 1.55. The van der Waals surface area contributed by atoms with Gasteiger partial charge in [-0.1, -0.05) is 23.8 Å². The van der Waals surface area contributed by atoms with Crippen molar-refractivity contribution >= 4 is 33.3 Å². The van der Waals surface area contributed by atoms with Crippen molar-refractivity contribution in [2.75, 3.05) is 38.0 Å². The highest BCUT2D eigenvalue weighted by molar-refractivity contribution is 7.92. The minimum atomic E-state index is -3.94. The predicted octanol–water partition coefficient (Wildman–Crippen LogP) is 3.88. The van der Waals surface area contributed by atoms with E-state index in [4.69, 9.17) is 14.2 Å². The number of anilines is 2. The normalized spacial score (nSPS) is 10.9. The van der Waals surface area contributed by atoms with E-state index in [-0.39, 0.29) is 33.2 Å². The molecule has 0 bridgehead atoms. The van der Waals surface area contributed by atoms with E-state index in [1.165, 1.54) is 64.8 Å². The number of hydrogen-bond acceptors (Lipinski definition) is 7. The molecule has 0 spiro atoms. The van der Waals surface area contributed by atoms with Crippen LogP contribution in [0.4, 0.5) is 11.4 Å². The number of rotatable bonds is 8. The van der Waals surface area contributed by atoms with Gasteiger partial charge in [-0.2, -0.15) is 0 Å². The summed E-state index contributed by atoms with van der Waals surface area (Å²) in [4.78, 5) is 25.3. The van der Waals surface area contributed by atoms with Gasteiger partial charge >= 0.3 is 5.97 Å². The fourth-order valence-electron chi connectivity index (χ4n) is 3.31. The lowest BCUT2D eigenvalue weighted by molar-refractivity contribution is 0.0601. The number of nitrogens with one attached hydrogen (secondary N) is 1. The van der Waals surface area contributed by atoms with Crippen LogP contribution < -0.4 is 19.1 Å². The van der Waals surface area contributed by atoms with Crippen LogP contribution in [0, 0.1) is 6.92 Å². The number of esters is 1. The molecule has 0 unspecified atom stereocenters. The molecule has 3 aromatic rings. The third-order valence-corrected chi connectivity index (χ3v) is 7.11. The van der Waals surface area contributed by atoms with Crippen molar-refractivity contribution in [3.8, 4) is 11.5 Å². The molecule has 3 rings (SSSR count). The molecule has 0 atom stereocenters. The standard InChI is InChI=1S/C25H26N2O7S/c1-16-9-11-18(12-10-16)27(2)35(30,31)19-8-6-7-17(13-19)24(28)26-21-15-23(33-4)22(32-3)14-20(21)25(29)34-5/h6-15H,1-5H3,(H,26,28). The molecule has 0 radical (unpaired) electrons. The molecule has 0 fully saturated rings. The Morgan fingerprint density at radius 2 is 1.51 bits per heavy atom. The van der Waals surface area contributed by atoms with Crippen LogP contribution in [0.25, 0.3) is 0 Å². The number of carbonyl (C=O) groups is 2. The molecule has 3 aromatic carbocycles. The minimum Gasteiger partial charge on any atom is -0.493 e. The molecule has 0 saturated carbocycles. The van der Waals surface area contributed by atoms with E-state index in [1.807, 2.05) is 19.1 Å². The van der Waals surface area contributed by atoms with Crippen LogP contribution in [0.3, 0.4) is 0 Å². The van der Waals surface area contributed by atoms with Gasteiger partial charge in [0.25, 0.3) is 15.9 Å². The van der Waals surface area contributed by atoms with Gasteiger partial charge in [0.1, 0.15) is 0 Å². The number of sulfonamides is 1. The molecule has 0 aliphatic rings. The summed E-state index contributed by atoms with van der Waals surface area (Å²) >= 11 is 0. The van der Waals surface area contributed by atoms with Crippen molar-refractivity contribution in [2.24, 2.45) is 0 Å². The first-order valence-corrected chi connectivity index (χ1v) is 11.9. The Morgan fingerprint density at radius 1 is 0.886 bits per heavy atom. The molecule has 0 aliphatic heterocycles. The van der Waals surface area contributed by atoms with Crippen molar-refractivity contribution in [1.29, 1.82) is 0 Å². The maximum Gasteiger partial charge on any atom is 0.340 e. The van der Waals surface area contributed by atoms with Gasteiger partial charge in [-0.05, 0) is 37.3 Å². The van der Waals surface area contributed by atoms with Gasteiger partial charge in [-0.3, -0.25) is 9.10 Å². The zero-order valence-electron chi connectivity index (χ0n) is 20.0. The van der Waals surface area contributed by atoms with Crippen LogP contribution in [-0.4, -0.2) is 48.7 Å². The summed E-state index contributed by atoms with van der Waals surface area (Å²) in [6.07, 6.45) is 0. The molecule has 10 heteroatoms. The molecule has 35 heavy (non-hydrogen) atoms. The molecule has 1 N–H and O–H groups in total. The van der Waals surface area contributed by atoms with Gasteiger partial charge < -0.3 is 19.5 Å². The SMILES string of the molecule is COC(=O)c1cc(OC)c(OC)cc1NC(=O)c1cccc(S(=O)(=O)N(C)c2ccc(C)cc2)c1. The second kappa shape index (κ2) is 10.5. The Kier molecular flexibility index (Phi) is 7.65. The number of nitrogens with zero attached hydrogens (tertiary/aromatic N) is 1. The third-order valence-electron chi connectivity index (χ3n) is 5.33. The van der Waals surface area contributed by atoms with Crippen LogP contribution in [0.2, 0.25) is 0 Å². The van der Waals surface area contributed by atoms with E-state index in [9.17, 15) is 18.0 Å². The van der Waals surface area contributed by atoms with Crippen LogP contribution >= 0.6 is 0 Å². The van der Waals surface area contributed by atoms with Crippen LogP contribution in [-0.2, 0) is 14.8 Å². The maximum atomic E-state index is 13.2. The smallest absolute Gasteiger partial charge is 0.340 e. The third kappa shape index (κ3) is 5.38. The lowest BCUT2D eigenvalue weighted by atomic mass is 10.1. The Bertz CT molecular complexity index is 1350. The van der Waals surface area contributed by atoms with E-state index < -0.39 is 21.9 Å². The van der Waals surface area contributed by atoms with E-state index in [1.54, 1.807) is 12.1 Å². The van der Waals surface area contributed by atoms with Gasteiger partial charge in [0.05, 0.1) is 43.2 Å². The predicted molar refractivity (Wildman–Crippen MR) is 132 cm³/mol. The van der Waals surface area contributed by atoms with E-state index in [0.29, 0.717) is 5.69 Å². The fourth-order valence-corrected chi connectivity index (χ4v) is 4.55. The zero-order chi connectivity index (χ0) is 25.8. The molecular weight excluding hydrogens is 472 g/mol. The maximum absolute atomic E-state index is 13.2. The molecule has 184 valence electrons. The summed E-state index contributed by atoms with van der Waals surface area (Å²) < 4.78 is 42.8. The first kappa shape index (κ1) is 25.6. The number of methoxy groups -OCH3 is 3. The monoisotopic (exact) mass is 498 g/mol. The van der Waals surface area contributed by atoms with Gasteiger partial charge in [0.2, 0.25) is 0 Å². The summed E-state index contributed by atoms with van der Waals surface area (Å²) in [5, 5.41) is 2.63. The van der Waals surface area contributed by atoms with Crippen molar-refractivity contribution in [1.82, 2.24) is 0 Å².